The van der Waals surface area contributed by atoms with Crippen LogP contribution < -0.4 is 10.1 Å². The molecule has 0 bridgehead atoms. The molecular formula is C16H21NO7. The lowest BCUT2D eigenvalue weighted by Gasteiger charge is -2.43. The number of nitrogens with one attached hydrogen (secondary N) is 1. The fraction of sp³-hybridized carbons (Fsp3) is 0.500. The van der Waals surface area contributed by atoms with Crippen LogP contribution >= 0.6 is 0 Å². The lowest BCUT2D eigenvalue weighted by atomic mass is 9.96. The van der Waals surface area contributed by atoms with Gasteiger partial charge in [0.05, 0.1) is 6.61 Å². The maximum absolute atomic E-state index is 11.5. The van der Waals surface area contributed by atoms with Gasteiger partial charge in [0.25, 0.3) is 0 Å². The fourth-order valence-electron chi connectivity index (χ4n) is 2.52. The highest BCUT2D eigenvalue weighted by Gasteiger charge is 2.48. The number of esters is 1. The zero-order chi connectivity index (χ0) is 17.7. The molecule has 0 spiro atoms. The van der Waals surface area contributed by atoms with Crippen LogP contribution in [-0.4, -0.2) is 59.3 Å². The van der Waals surface area contributed by atoms with Crippen LogP contribution in [0, 0.1) is 0 Å². The summed E-state index contributed by atoms with van der Waals surface area (Å²) in [6.07, 6.45) is -4.51. The number of hydrogen-bond acceptors (Lipinski definition) is 7. The summed E-state index contributed by atoms with van der Waals surface area (Å²) in [5, 5.41) is 22.2. The molecule has 1 fully saturated rings. The van der Waals surface area contributed by atoms with E-state index in [1.807, 2.05) is 6.07 Å². The van der Waals surface area contributed by atoms with Crippen LogP contribution in [0.4, 0.5) is 0 Å². The predicted octanol–water partition coefficient (Wildman–Crippen LogP) is -0.420. The Morgan fingerprint density at radius 1 is 1.25 bits per heavy atom. The van der Waals surface area contributed by atoms with Gasteiger partial charge in [-0.15, -0.1) is 0 Å². The summed E-state index contributed by atoms with van der Waals surface area (Å²) < 4.78 is 16.4. The Morgan fingerprint density at radius 2 is 1.92 bits per heavy atom. The third-order valence-electron chi connectivity index (χ3n) is 3.52. The summed E-state index contributed by atoms with van der Waals surface area (Å²) in [7, 11) is 0. The van der Waals surface area contributed by atoms with E-state index in [9.17, 15) is 19.8 Å². The molecule has 1 aromatic carbocycles. The van der Waals surface area contributed by atoms with Crippen molar-refractivity contribution in [3.63, 3.8) is 0 Å². The molecule has 2 rings (SSSR count). The SMILES string of the molecule is CC(=O)N[C@@H]1[C@@H](Oc2ccccc2)O[C@@H](CO)[C@@H](O)[C@@H]1OC(C)=O. The summed E-state index contributed by atoms with van der Waals surface area (Å²) in [4.78, 5) is 22.9. The number of benzene rings is 1. The minimum Gasteiger partial charge on any atom is -0.463 e. The molecule has 0 aromatic heterocycles. The van der Waals surface area contributed by atoms with Crippen LogP contribution in [0.5, 0.6) is 5.75 Å². The highest BCUT2D eigenvalue weighted by Crippen LogP contribution is 2.26. The molecule has 3 N–H and O–H groups in total. The molecule has 0 aliphatic carbocycles. The highest BCUT2D eigenvalue weighted by molar-refractivity contribution is 5.73. The van der Waals surface area contributed by atoms with Crippen molar-refractivity contribution >= 4 is 11.9 Å². The van der Waals surface area contributed by atoms with E-state index in [0.29, 0.717) is 5.75 Å². The Bertz CT molecular complexity index is 565. The van der Waals surface area contributed by atoms with Crippen LogP contribution in [0.1, 0.15) is 13.8 Å². The monoisotopic (exact) mass is 339 g/mol. The minimum atomic E-state index is -1.31. The first kappa shape index (κ1) is 18.2. The number of amides is 1. The predicted molar refractivity (Wildman–Crippen MR) is 82.0 cm³/mol. The van der Waals surface area contributed by atoms with Crippen LogP contribution in [0.2, 0.25) is 0 Å². The Kier molecular flexibility index (Phi) is 6.13. The average Bonchev–Trinajstić information content (AvgIpc) is 2.53. The van der Waals surface area contributed by atoms with E-state index >= 15 is 0 Å². The molecule has 1 amide bonds. The Balaban J connectivity index is 2.28. The maximum atomic E-state index is 11.5. The first-order chi connectivity index (χ1) is 11.4. The van der Waals surface area contributed by atoms with Gasteiger partial charge in [0.15, 0.2) is 6.10 Å². The lowest BCUT2D eigenvalue weighted by molar-refractivity contribution is -0.249. The van der Waals surface area contributed by atoms with Gasteiger partial charge in [-0.3, -0.25) is 9.59 Å². The molecular weight excluding hydrogens is 318 g/mol. The molecule has 5 atom stereocenters. The van der Waals surface area contributed by atoms with Crippen molar-refractivity contribution < 1.29 is 34.0 Å². The third-order valence-corrected chi connectivity index (χ3v) is 3.52. The van der Waals surface area contributed by atoms with Gasteiger partial charge in [0.2, 0.25) is 12.2 Å². The van der Waals surface area contributed by atoms with Gasteiger partial charge in [-0.1, -0.05) is 18.2 Å². The molecule has 0 unspecified atom stereocenters. The molecule has 0 radical (unpaired) electrons. The van der Waals surface area contributed by atoms with Gasteiger partial charge in [-0.25, -0.2) is 0 Å². The van der Waals surface area contributed by atoms with Crippen LogP contribution in [0.25, 0.3) is 0 Å². The number of carbonyl (C=O) groups excluding carboxylic acids is 2. The van der Waals surface area contributed by atoms with Gasteiger partial charge in [-0.2, -0.15) is 0 Å². The van der Waals surface area contributed by atoms with Crippen molar-refractivity contribution in [3.05, 3.63) is 30.3 Å². The summed E-state index contributed by atoms with van der Waals surface area (Å²) in [6, 6.07) is 7.76. The summed E-state index contributed by atoms with van der Waals surface area (Å²) >= 11 is 0. The van der Waals surface area contributed by atoms with E-state index in [-0.39, 0.29) is 0 Å². The fourth-order valence-corrected chi connectivity index (χ4v) is 2.52. The van der Waals surface area contributed by atoms with Crippen molar-refractivity contribution in [1.29, 1.82) is 0 Å². The molecule has 0 saturated carbocycles. The van der Waals surface area contributed by atoms with Crippen LogP contribution in [0.15, 0.2) is 30.3 Å². The van der Waals surface area contributed by atoms with E-state index in [1.54, 1.807) is 24.3 Å². The number of aliphatic hydroxyl groups excluding tert-OH is 2. The molecule has 1 aromatic rings. The highest BCUT2D eigenvalue weighted by atomic mass is 16.7. The van der Waals surface area contributed by atoms with Crippen molar-refractivity contribution in [2.24, 2.45) is 0 Å². The molecule has 1 saturated heterocycles. The van der Waals surface area contributed by atoms with Crippen LogP contribution in [-0.2, 0) is 19.1 Å². The minimum absolute atomic E-state index is 0.405. The molecule has 1 aliphatic rings. The standard InChI is InChI=1S/C16H21NO7/c1-9(19)17-13-15(22-10(2)20)14(21)12(8-18)24-16(13)23-11-6-4-3-5-7-11/h3-7,12-16,18,21H,8H2,1-2H3,(H,17,19)/t12-,13-,14+,15+,16-/m0/s1. The Hall–Kier alpha value is -2.16. The van der Waals surface area contributed by atoms with Gasteiger partial charge in [0, 0.05) is 13.8 Å². The molecule has 8 nitrogen and oxygen atoms in total. The first-order valence-electron chi connectivity index (χ1n) is 7.52. The van der Waals surface area contributed by atoms with Gasteiger partial charge in [-0.05, 0) is 12.1 Å². The molecule has 132 valence electrons. The van der Waals surface area contributed by atoms with E-state index in [2.05, 4.69) is 5.32 Å². The first-order valence-corrected chi connectivity index (χ1v) is 7.52. The maximum Gasteiger partial charge on any atom is 0.303 e. The molecule has 8 heteroatoms. The normalized spacial score (nSPS) is 29.6. The van der Waals surface area contributed by atoms with E-state index < -0.39 is 49.1 Å². The Labute approximate surface area is 139 Å². The lowest BCUT2D eigenvalue weighted by Crippen LogP contribution is -2.66. The van der Waals surface area contributed by atoms with Gasteiger partial charge >= 0.3 is 5.97 Å². The van der Waals surface area contributed by atoms with Crippen molar-refractivity contribution in [2.75, 3.05) is 6.61 Å². The number of carbonyl (C=O) groups is 2. The number of hydrogen-bond donors (Lipinski definition) is 3. The van der Waals surface area contributed by atoms with Gasteiger partial charge < -0.3 is 29.7 Å². The Morgan fingerprint density at radius 3 is 2.46 bits per heavy atom. The zero-order valence-corrected chi connectivity index (χ0v) is 13.4. The van der Waals surface area contributed by atoms with Crippen molar-refractivity contribution in [3.8, 4) is 5.75 Å². The van der Waals surface area contributed by atoms with Gasteiger partial charge in [0.1, 0.15) is 24.0 Å². The quantitative estimate of drug-likeness (QED) is 0.624. The number of para-hydroxylation sites is 1. The van der Waals surface area contributed by atoms with Crippen molar-refractivity contribution in [1.82, 2.24) is 5.32 Å². The van der Waals surface area contributed by atoms with Crippen LogP contribution in [0.3, 0.4) is 0 Å². The number of rotatable bonds is 5. The third kappa shape index (κ3) is 4.44. The van der Waals surface area contributed by atoms with Crippen molar-refractivity contribution in [2.45, 2.75) is 44.5 Å². The number of ether oxygens (including phenoxy) is 3. The summed E-state index contributed by atoms with van der Waals surface area (Å²) in [6.45, 7) is 1.98. The second-order valence-electron chi connectivity index (χ2n) is 5.45. The molecule has 24 heavy (non-hydrogen) atoms. The van der Waals surface area contributed by atoms with E-state index in [1.165, 1.54) is 13.8 Å². The summed E-state index contributed by atoms with van der Waals surface area (Å²) in [5.74, 6) is -0.573. The van der Waals surface area contributed by atoms with E-state index in [0.717, 1.165) is 0 Å². The molecule has 1 heterocycles. The number of aliphatic hydroxyl groups is 2. The molecule has 1 aliphatic heterocycles. The smallest absolute Gasteiger partial charge is 0.303 e. The summed E-state index contributed by atoms with van der Waals surface area (Å²) in [5.41, 5.74) is 0. The topological polar surface area (TPSA) is 114 Å². The largest absolute Gasteiger partial charge is 0.463 e. The second-order valence-corrected chi connectivity index (χ2v) is 5.45. The second kappa shape index (κ2) is 8.09. The van der Waals surface area contributed by atoms with E-state index in [4.69, 9.17) is 14.2 Å². The zero-order valence-electron chi connectivity index (χ0n) is 13.4. The average molecular weight is 339 g/mol.